The van der Waals surface area contributed by atoms with Crippen molar-refractivity contribution in [3.05, 3.63) is 24.3 Å². The molecule has 19 heavy (non-hydrogen) atoms. The lowest BCUT2D eigenvalue weighted by molar-refractivity contribution is 0.144. The third kappa shape index (κ3) is 14.7. The second-order valence-corrected chi connectivity index (χ2v) is 4.71. The highest BCUT2D eigenvalue weighted by Crippen LogP contribution is 1.99. The number of allylic oxidation sites excluding steroid dienone is 3. The van der Waals surface area contributed by atoms with Crippen molar-refractivity contribution >= 4 is 6.09 Å². The standard InChI is InChI=1S/C15H27NO3/c1-14(2)10-6-5-7-11-16-15(18)19-13-9-4-3-8-12-17/h5-7,10,14,17H,3-4,8-9,11-13H2,1-2H3,(H,16,18)/b7-5-,10-6+. The number of rotatable bonds is 10. The Kier molecular flexibility index (Phi) is 12.3. The summed E-state index contributed by atoms with van der Waals surface area (Å²) in [5, 5.41) is 11.2. The van der Waals surface area contributed by atoms with E-state index in [1.807, 2.05) is 18.2 Å². The summed E-state index contributed by atoms with van der Waals surface area (Å²) >= 11 is 0. The maximum Gasteiger partial charge on any atom is 0.407 e. The number of carbonyl (C=O) groups excluding carboxylic acids is 1. The van der Waals surface area contributed by atoms with Crippen molar-refractivity contribution in [2.24, 2.45) is 5.92 Å². The maximum atomic E-state index is 11.2. The van der Waals surface area contributed by atoms with Gasteiger partial charge >= 0.3 is 6.09 Å². The summed E-state index contributed by atoms with van der Waals surface area (Å²) in [5.74, 6) is 0.536. The minimum atomic E-state index is -0.375. The van der Waals surface area contributed by atoms with E-state index in [2.05, 4.69) is 25.2 Å². The SMILES string of the molecule is CC(C)/C=C/C=C\CNC(=O)OCCCCCCO. The topological polar surface area (TPSA) is 58.6 Å². The molecule has 0 aromatic heterocycles. The normalized spacial score (nSPS) is 11.6. The van der Waals surface area contributed by atoms with Crippen molar-refractivity contribution in [2.75, 3.05) is 19.8 Å². The fourth-order valence-corrected chi connectivity index (χ4v) is 1.36. The van der Waals surface area contributed by atoms with Crippen LogP contribution in [-0.4, -0.2) is 31.0 Å². The molecule has 0 aliphatic heterocycles. The quantitative estimate of drug-likeness (QED) is 0.473. The minimum Gasteiger partial charge on any atom is -0.450 e. The summed E-state index contributed by atoms with van der Waals surface area (Å²) < 4.78 is 5.00. The Balaban J connectivity index is 3.39. The lowest BCUT2D eigenvalue weighted by Crippen LogP contribution is -2.24. The van der Waals surface area contributed by atoms with Crippen LogP contribution in [-0.2, 0) is 4.74 Å². The fraction of sp³-hybridized carbons (Fsp3) is 0.667. The van der Waals surface area contributed by atoms with Gasteiger partial charge in [0.2, 0.25) is 0 Å². The lowest BCUT2D eigenvalue weighted by atomic mass is 10.2. The van der Waals surface area contributed by atoms with E-state index >= 15 is 0 Å². The Bertz CT molecular complexity index is 273. The molecule has 110 valence electrons. The van der Waals surface area contributed by atoms with Gasteiger partial charge in [-0.25, -0.2) is 4.79 Å². The molecule has 0 aliphatic carbocycles. The predicted octanol–water partition coefficient (Wildman–Crippen LogP) is 3.03. The number of hydrogen-bond donors (Lipinski definition) is 2. The fourth-order valence-electron chi connectivity index (χ4n) is 1.36. The first-order valence-corrected chi connectivity index (χ1v) is 7.01. The average Bonchev–Trinajstić information content (AvgIpc) is 2.37. The zero-order valence-electron chi connectivity index (χ0n) is 12.1. The van der Waals surface area contributed by atoms with Crippen LogP contribution in [0.2, 0.25) is 0 Å². The molecular weight excluding hydrogens is 242 g/mol. The van der Waals surface area contributed by atoms with E-state index in [1.54, 1.807) is 0 Å². The molecule has 0 aliphatic rings. The van der Waals surface area contributed by atoms with Gasteiger partial charge in [-0.15, -0.1) is 0 Å². The van der Waals surface area contributed by atoms with E-state index in [9.17, 15) is 4.79 Å². The molecule has 0 saturated carbocycles. The van der Waals surface area contributed by atoms with Gasteiger partial charge in [0.05, 0.1) is 6.61 Å². The molecular formula is C15H27NO3. The number of hydrogen-bond acceptors (Lipinski definition) is 3. The number of aliphatic hydroxyl groups excluding tert-OH is 1. The summed E-state index contributed by atoms with van der Waals surface area (Å²) in [6, 6.07) is 0. The zero-order valence-corrected chi connectivity index (χ0v) is 12.1. The van der Waals surface area contributed by atoms with Crippen molar-refractivity contribution in [1.29, 1.82) is 0 Å². The zero-order chi connectivity index (χ0) is 14.3. The van der Waals surface area contributed by atoms with Crippen LogP contribution in [0.5, 0.6) is 0 Å². The van der Waals surface area contributed by atoms with Gasteiger partial charge in [-0.3, -0.25) is 0 Å². The van der Waals surface area contributed by atoms with Gasteiger partial charge in [-0.1, -0.05) is 44.6 Å². The second-order valence-electron chi connectivity index (χ2n) is 4.71. The van der Waals surface area contributed by atoms with E-state index < -0.39 is 0 Å². The van der Waals surface area contributed by atoms with Gasteiger partial charge in [0.1, 0.15) is 0 Å². The molecule has 0 aromatic rings. The van der Waals surface area contributed by atoms with Crippen LogP contribution in [0.15, 0.2) is 24.3 Å². The molecule has 0 aromatic carbocycles. The first-order chi connectivity index (χ1) is 9.16. The van der Waals surface area contributed by atoms with Gasteiger partial charge in [-0.05, 0) is 25.2 Å². The maximum absolute atomic E-state index is 11.2. The molecule has 2 N–H and O–H groups in total. The van der Waals surface area contributed by atoms with Crippen molar-refractivity contribution in [2.45, 2.75) is 39.5 Å². The molecule has 0 unspecified atom stereocenters. The largest absolute Gasteiger partial charge is 0.450 e. The first kappa shape index (κ1) is 17.7. The summed E-state index contributed by atoms with van der Waals surface area (Å²) in [6.45, 7) is 5.37. The number of alkyl carbamates (subject to hydrolysis) is 1. The third-order valence-corrected chi connectivity index (χ3v) is 2.39. The predicted molar refractivity (Wildman–Crippen MR) is 78.0 cm³/mol. The number of ether oxygens (including phenoxy) is 1. The molecule has 0 bridgehead atoms. The van der Waals surface area contributed by atoms with Crippen molar-refractivity contribution in [1.82, 2.24) is 5.32 Å². The van der Waals surface area contributed by atoms with Crippen molar-refractivity contribution in [3.63, 3.8) is 0 Å². The number of nitrogens with one attached hydrogen (secondary N) is 1. The monoisotopic (exact) mass is 269 g/mol. The van der Waals surface area contributed by atoms with Gasteiger partial charge in [-0.2, -0.15) is 0 Å². The molecule has 1 amide bonds. The van der Waals surface area contributed by atoms with Crippen LogP contribution in [0.25, 0.3) is 0 Å². The van der Waals surface area contributed by atoms with Crippen LogP contribution < -0.4 is 5.32 Å². The molecule has 4 heteroatoms. The molecule has 0 radical (unpaired) electrons. The van der Waals surface area contributed by atoms with Crippen LogP contribution in [0.4, 0.5) is 4.79 Å². The highest BCUT2D eigenvalue weighted by molar-refractivity contribution is 5.67. The van der Waals surface area contributed by atoms with Crippen molar-refractivity contribution in [3.8, 4) is 0 Å². The Hall–Kier alpha value is -1.29. The van der Waals surface area contributed by atoms with Crippen LogP contribution >= 0.6 is 0 Å². The number of aliphatic hydroxyl groups is 1. The average molecular weight is 269 g/mol. The van der Waals surface area contributed by atoms with Gasteiger partial charge in [0, 0.05) is 13.2 Å². The van der Waals surface area contributed by atoms with Gasteiger partial charge in [0.25, 0.3) is 0 Å². The third-order valence-electron chi connectivity index (χ3n) is 2.39. The second kappa shape index (κ2) is 13.1. The summed E-state index contributed by atoms with van der Waals surface area (Å²) in [5.41, 5.74) is 0. The molecule has 0 heterocycles. The molecule has 0 spiro atoms. The van der Waals surface area contributed by atoms with E-state index in [4.69, 9.17) is 9.84 Å². The Morgan fingerprint density at radius 1 is 1.21 bits per heavy atom. The van der Waals surface area contributed by atoms with Crippen LogP contribution in [0, 0.1) is 5.92 Å². The smallest absolute Gasteiger partial charge is 0.407 e. The number of amides is 1. The van der Waals surface area contributed by atoms with Crippen LogP contribution in [0.1, 0.15) is 39.5 Å². The molecule has 4 nitrogen and oxygen atoms in total. The minimum absolute atomic E-state index is 0.235. The van der Waals surface area contributed by atoms with Gasteiger partial charge < -0.3 is 15.2 Å². The summed E-state index contributed by atoms with van der Waals surface area (Å²) in [6.07, 6.45) is 11.1. The van der Waals surface area contributed by atoms with E-state index in [-0.39, 0.29) is 12.7 Å². The first-order valence-electron chi connectivity index (χ1n) is 7.01. The molecule has 0 fully saturated rings. The Morgan fingerprint density at radius 2 is 1.95 bits per heavy atom. The van der Waals surface area contributed by atoms with E-state index in [0.717, 1.165) is 25.7 Å². The Labute approximate surface area is 116 Å². The van der Waals surface area contributed by atoms with Gasteiger partial charge in [0.15, 0.2) is 0 Å². The molecule has 0 atom stereocenters. The van der Waals surface area contributed by atoms with E-state index in [1.165, 1.54) is 0 Å². The van der Waals surface area contributed by atoms with E-state index in [0.29, 0.717) is 19.1 Å². The number of unbranched alkanes of at least 4 members (excludes halogenated alkanes) is 3. The Morgan fingerprint density at radius 3 is 2.63 bits per heavy atom. The summed E-state index contributed by atoms with van der Waals surface area (Å²) in [4.78, 5) is 11.2. The lowest BCUT2D eigenvalue weighted by Gasteiger charge is -2.04. The van der Waals surface area contributed by atoms with Crippen LogP contribution in [0.3, 0.4) is 0 Å². The number of carbonyl (C=O) groups is 1. The highest BCUT2D eigenvalue weighted by atomic mass is 16.5. The summed E-state index contributed by atoms with van der Waals surface area (Å²) in [7, 11) is 0. The van der Waals surface area contributed by atoms with Crippen molar-refractivity contribution < 1.29 is 14.6 Å². The molecule has 0 rings (SSSR count). The molecule has 0 saturated heterocycles. The highest BCUT2D eigenvalue weighted by Gasteiger charge is 1.98.